The Morgan fingerprint density at radius 2 is 1.71 bits per heavy atom. The molecule has 1 aliphatic rings. The van der Waals surface area contributed by atoms with Crippen LogP contribution in [0.4, 0.5) is 5.69 Å². The highest BCUT2D eigenvalue weighted by atomic mass is 16.2. The third kappa shape index (κ3) is 4.80. The summed E-state index contributed by atoms with van der Waals surface area (Å²) in [6.07, 6.45) is 0. The molecule has 4 rings (SSSR count). The Morgan fingerprint density at radius 3 is 2.45 bits per heavy atom. The number of anilines is 1. The Labute approximate surface area is 184 Å². The number of nitrogens with zero attached hydrogens (tertiary/aromatic N) is 4. The molecule has 0 aliphatic carbocycles. The Morgan fingerprint density at radius 1 is 0.968 bits per heavy atom. The Bertz CT molecular complexity index is 1040. The molecule has 6 heteroatoms. The first kappa shape index (κ1) is 21.1. The number of rotatable bonds is 6. The fourth-order valence-electron chi connectivity index (χ4n) is 4.14. The van der Waals surface area contributed by atoms with Crippen molar-refractivity contribution in [1.82, 2.24) is 20.0 Å². The molecule has 1 saturated heterocycles. The zero-order valence-electron chi connectivity index (χ0n) is 18.6. The molecule has 162 valence electrons. The SMILES string of the molecule is Cc1cccc(N2CCN(C(=O)CNCc3cc(C)n(-c4ccccc4)n3)CC2)c1C. The molecular formula is C25H31N5O. The van der Waals surface area contributed by atoms with Gasteiger partial charge in [0.1, 0.15) is 0 Å². The first-order valence-corrected chi connectivity index (χ1v) is 10.9. The summed E-state index contributed by atoms with van der Waals surface area (Å²) in [7, 11) is 0. The fraction of sp³-hybridized carbons (Fsp3) is 0.360. The van der Waals surface area contributed by atoms with Crippen LogP contribution in [-0.2, 0) is 11.3 Å². The van der Waals surface area contributed by atoms with Gasteiger partial charge in [0.05, 0.1) is 17.9 Å². The van der Waals surface area contributed by atoms with Crippen molar-refractivity contribution in [3.63, 3.8) is 0 Å². The molecule has 2 aromatic carbocycles. The van der Waals surface area contributed by atoms with E-state index in [2.05, 4.69) is 53.4 Å². The molecule has 1 aromatic heterocycles. The number of amides is 1. The topological polar surface area (TPSA) is 53.4 Å². The molecule has 0 radical (unpaired) electrons. The van der Waals surface area contributed by atoms with Crippen LogP contribution < -0.4 is 10.2 Å². The highest BCUT2D eigenvalue weighted by molar-refractivity contribution is 5.78. The van der Waals surface area contributed by atoms with Crippen LogP contribution in [0.15, 0.2) is 54.6 Å². The van der Waals surface area contributed by atoms with Crippen molar-refractivity contribution in [3.05, 3.63) is 77.1 Å². The van der Waals surface area contributed by atoms with E-state index in [4.69, 9.17) is 0 Å². The lowest BCUT2D eigenvalue weighted by Crippen LogP contribution is -2.51. The highest BCUT2D eigenvalue weighted by Crippen LogP contribution is 2.23. The number of hydrogen-bond acceptors (Lipinski definition) is 4. The van der Waals surface area contributed by atoms with E-state index >= 15 is 0 Å². The lowest BCUT2D eigenvalue weighted by atomic mass is 10.1. The molecule has 1 fully saturated rings. The van der Waals surface area contributed by atoms with Crippen molar-refractivity contribution in [1.29, 1.82) is 0 Å². The predicted molar refractivity (Wildman–Crippen MR) is 125 cm³/mol. The average molecular weight is 418 g/mol. The largest absolute Gasteiger partial charge is 0.368 e. The van der Waals surface area contributed by atoms with Crippen molar-refractivity contribution in [2.24, 2.45) is 0 Å². The normalized spacial score (nSPS) is 14.2. The molecular weight excluding hydrogens is 386 g/mol. The zero-order chi connectivity index (χ0) is 21.8. The van der Waals surface area contributed by atoms with Gasteiger partial charge in [0.25, 0.3) is 0 Å². The minimum Gasteiger partial charge on any atom is -0.368 e. The van der Waals surface area contributed by atoms with Crippen LogP contribution in [0.5, 0.6) is 0 Å². The molecule has 1 aliphatic heterocycles. The molecule has 3 aromatic rings. The van der Waals surface area contributed by atoms with Crippen molar-refractivity contribution in [2.45, 2.75) is 27.3 Å². The van der Waals surface area contributed by atoms with E-state index in [0.29, 0.717) is 13.1 Å². The van der Waals surface area contributed by atoms with Gasteiger partial charge in [0.2, 0.25) is 5.91 Å². The van der Waals surface area contributed by atoms with Crippen molar-refractivity contribution in [2.75, 3.05) is 37.6 Å². The third-order valence-electron chi connectivity index (χ3n) is 6.07. The van der Waals surface area contributed by atoms with Gasteiger partial charge in [-0.05, 0) is 56.2 Å². The summed E-state index contributed by atoms with van der Waals surface area (Å²) in [5.41, 5.74) is 6.99. The molecule has 6 nitrogen and oxygen atoms in total. The number of carbonyl (C=O) groups excluding carboxylic acids is 1. The Kier molecular flexibility index (Phi) is 6.37. The molecule has 2 heterocycles. The van der Waals surface area contributed by atoms with Crippen molar-refractivity contribution in [3.8, 4) is 5.69 Å². The molecule has 0 bridgehead atoms. The van der Waals surface area contributed by atoms with Crippen LogP contribution in [0.2, 0.25) is 0 Å². The molecule has 0 unspecified atom stereocenters. The van der Waals surface area contributed by atoms with Gasteiger partial charge in [-0.2, -0.15) is 5.10 Å². The quantitative estimate of drug-likeness (QED) is 0.669. The van der Waals surface area contributed by atoms with Crippen LogP contribution in [0.3, 0.4) is 0 Å². The maximum atomic E-state index is 12.7. The number of hydrogen-bond donors (Lipinski definition) is 1. The second-order valence-corrected chi connectivity index (χ2v) is 8.21. The lowest BCUT2D eigenvalue weighted by molar-refractivity contribution is -0.130. The van der Waals surface area contributed by atoms with Gasteiger partial charge in [0, 0.05) is 44.1 Å². The second-order valence-electron chi connectivity index (χ2n) is 8.21. The van der Waals surface area contributed by atoms with Gasteiger partial charge in [-0.3, -0.25) is 4.79 Å². The number of benzene rings is 2. The summed E-state index contributed by atoms with van der Waals surface area (Å²) in [5.74, 6) is 0.153. The highest BCUT2D eigenvalue weighted by Gasteiger charge is 2.22. The van der Waals surface area contributed by atoms with E-state index in [-0.39, 0.29) is 5.91 Å². The predicted octanol–water partition coefficient (Wildman–Crippen LogP) is 3.24. The van der Waals surface area contributed by atoms with E-state index < -0.39 is 0 Å². The van der Waals surface area contributed by atoms with Crippen LogP contribution in [0.1, 0.15) is 22.5 Å². The molecule has 0 saturated carbocycles. The average Bonchev–Trinajstić information content (AvgIpc) is 3.16. The molecule has 0 atom stereocenters. The fourth-order valence-corrected chi connectivity index (χ4v) is 4.14. The number of piperazine rings is 1. The first-order valence-electron chi connectivity index (χ1n) is 10.9. The van der Waals surface area contributed by atoms with Gasteiger partial charge < -0.3 is 15.1 Å². The number of aromatic nitrogens is 2. The minimum atomic E-state index is 0.153. The molecule has 1 amide bonds. The number of carbonyl (C=O) groups is 1. The molecule has 1 N–H and O–H groups in total. The Balaban J connectivity index is 1.26. The van der Waals surface area contributed by atoms with Gasteiger partial charge in [-0.1, -0.05) is 30.3 Å². The molecule has 0 spiro atoms. The van der Waals surface area contributed by atoms with E-state index in [1.165, 1.54) is 16.8 Å². The number of para-hydroxylation sites is 1. The summed E-state index contributed by atoms with van der Waals surface area (Å²) in [6, 6.07) is 18.6. The summed E-state index contributed by atoms with van der Waals surface area (Å²) in [6.45, 7) is 10.5. The summed E-state index contributed by atoms with van der Waals surface area (Å²) < 4.78 is 1.94. The Hall–Kier alpha value is -3.12. The first-order chi connectivity index (χ1) is 15.0. The standard InChI is InChI=1S/C25H31N5O/c1-19-8-7-11-24(21(19)3)28-12-14-29(15-13-28)25(31)18-26-17-22-16-20(2)30(27-22)23-9-5-4-6-10-23/h4-11,16,26H,12-15,17-18H2,1-3H3. The van der Waals surface area contributed by atoms with Gasteiger partial charge in [-0.25, -0.2) is 4.68 Å². The van der Waals surface area contributed by atoms with Crippen LogP contribution in [0, 0.1) is 20.8 Å². The third-order valence-corrected chi connectivity index (χ3v) is 6.07. The maximum absolute atomic E-state index is 12.7. The zero-order valence-corrected chi connectivity index (χ0v) is 18.6. The van der Waals surface area contributed by atoms with Crippen LogP contribution in [0.25, 0.3) is 5.69 Å². The smallest absolute Gasteiger partial charge is 0.236 e. The summed E-state index contributed by atoms with van der Waals surface area (Å²) >= 11 is 0. The summed E-state index contributed by atoms with van der Waals surface area (Å²) in [5, 5.41) is 7.94. The van der Waals surface area contributed by atoms with Crippen LogP contribution in [-0.4, -0.2) is 53.3 Å². The van der Waals surface area contributed by atoms with E-state index in [9.17, 15) is 4.79 Å². The van der Waals surface area contributed by atoms with E-state index in [1.807, 2.05) is 46.8 Å². The van der Waals surface area contributed by atoms with Gasteiger partial charge >= 0.3 is 0 Å². The van der Waals surface area contributed by atoms with Gasteiger partial charge in [-0.15, -0.1) is 0 Å². The van der Waals surface area contributed by atoms with E-state index in [0.717, 1.165) is 43.3 Å². The molecule has 31 heavy (non-hydrogen) atoms. The van der Waals surface area contributed by atoms with Crippen molar-refractivity contribution < 1.29 is 4.79 Å². The van der Waals surface area contributed by atoms with Crippen LogP contribution >= 0.6 is 0 Å². The van der Waals surface area contributed by atoms with Gasteiger partial charge in [0.15, 0.2) is 0 Å². The monoisotopic (exact) mass is 417 g/mol. The summed E-state index contributed by atoms with van der Waals surface area (Å²) in [4.78, 5) is 17.0. The second kappa shape index (κ2) is 9.35. The minimum absolute atomic E-state index is 0.153. The van der Waals surface area contributed by atoms with Crippen molar-refractivity contribution >= 4 is 11.6 Å². The van der Waals surface area contributed by atoms with E-state index in [1.54, 1.807) is 0 Å². The maximum Gasteiger partial charge on any atom is 0.236 e. The number of aryl methyl sites for hydroxylation is 2. The lowest BCUT2D eigenvalue weighted by Gasteiger charge is -2.37. The number of nitrogens with one attached hydrogen (secondary N) is 1.